The fourth-order valence-electron chi connectivity index (χ4n) is 2.52. The van der Waals surface area contributed by atoms with E-state index in [0.29, 0.717) is 12.5 Å². The summed E-state index contributed by atoms with van der Waals surface area (Å²) < 4.78 is 41.7. The van der Waals surface area contributed by atoms with Gasteiger partial charge in [0.1, 0.15) is 23.3 Å². The highest BCUT2D eigenvalue weighted by Gasteiger charge is 2.18. The summed E-state index contributed by atoms with van der Waals surface area (Å²) in [6.07, 6.45) is 0.455. The Hall–Kier alpha value is -2.67. The topological polar surface area (TPSA) is 60.9 Å². The summed E-state index contributed by atoms with van der Waals surface area (Å²) in [5, 5.41) is 0.00622. The van der Waals surface area contributed by atoms with Gasteiger partial charge in [-0.1, -0.05) is 6.92 Å². The zero-order chi connectivity index (χ0) is 17.4. The molecule has 0 saturated heterocycles. The molecule has 2 aromatic carbocycles. The van der Waals surface area contributed by atoms with Gasteiger partial charge in [0.2, 0.25) is 0 Å². The van der Waals surface area contributed by atoms with Crippen LogP contribution in [-0.2, 0) is 0 Å². The third kappa shape index (κ3) is 2.78. The quantitative estimate of drug-likeness (QED) is 0.800. The van der Waals surface area contributed by atoms with Crippen LogP contribution < -0.4 is 11.3 Å². The lowest BCUT2D eigenvalue weighted by Crippen LogP contribution is -2.28. The summed E-state index contributed by atoms with van der Waals surface area (Å²) in [7, 11) is 0. The van der Waals surface area contributed by atoms with Gasteiger partial charge in [0.05, 0.1) is 22.6 Å². The Morgan fingerprint density at radius 3 is 2.38 bits per heavy atom. The molecule has 0 amide bonds. The Labute approximate surface area is 135 Å². The molecule has 0 fully saturated rings. The largest absolute Gasteiger partial charge is 0.321 e. The van der Waals surface area contributed by atoms with Crippen LogP contribution in [0, 0.1) is 17.5 Å². The monoisotopic (exact) mass is 333 g/mol. The molecule has 3 rings (SSSR count). The van der Waals surface area contributed by atoms with Gasteiger partial charge >= 0.3 is 0 Å². The average molecular weight is 333 g/mol. The Kier molecular flexibility index (Phi) is 4.11. The molecular formula is C17H14F3N3O. The normalized spacial score (nSPS) is 12.5. The molecule has 1 aromatic heterocycles. The number of hydrogen-bond acceptors (Lipinski definition) is 3. The minimum atomic E-state index is -0.841. The van der Waals surface area contributed by atoms with Gasteiger partial charge in [0, 0.05) is 6.07 Å². The van der Waals surface area contributed by atoms with Gasteiger partial charge in [-0.3, -0.25) is 9.36 Å². The van der Waals surface area contributed by atoms with Gasteiger partial charge in [-0.25, -0.2) is 18.2 Å². The van der Waals surface area contributed by atoms with Gasteiger partial charge in [-0.2, -0.15) is 0 Å². The second-order valence-corrected chi connectivity index (χ2v) is 5.41. The number of nitrogens with two attached hydrogens (primary N) is 1. The highest BCUT2D eigenvalue weighted by Crippen LogP contribution is 2.20. The Bertz CT molecular complexity index is 964. The van der Waals surface area contributed by atoms with E-state index in [4.69, 9.17) is 5.73 Å². The zero-order valence-corrected chi connectivity index (χ0v) is 12.8. The molecule has 0 radical (unpaired) electrons. The lowest BCUT2D eigenvalue weighted by molar-refractivity contribution is 0.576. The molecule has 0 unspecified atom stereocenters. The maximum Gasteiger partial charge on any atom is 0.266 e. The van der Waals surface area contributed by atoms with Crippen molar-refractivity contribution in [3.05, 3.63) is 70.0 Å². The average Bonchev–Trinajstić information content (AvgIpc) is 2.53. The van der Waals surface area contributed by atoms with Gasteiger partial charge < -0.3 is 5.73 Å². The number of aromatic nitrogens is 2. The van der Waals surface area contributed by atoms with Crippen LogP contribution in [-0.4, -0.2) is 9.55 Å². The minimum Gasteiger partial charge on any atom is -0.321 e. The van der Waals surface area contributed by atoms with Crippen LogP contribution in [0.25, 0.3) is 16.6 Å². The van der Waals surface area contributed by atoms with Crippen LogP contribution in [0.15, 0.2) is 41.2 Å². The van der Waals surface area contributed by atoms with Crippen molar-refractivity contribution in [2.75, 3.05) is 0 Å². The first-order chi connectivity index (χ1) is 11.4. The van der Waals surface area contributed by atoms with Crippen molar-refractivity contribution in [3.63, 3.8) is 0 Å². The highest BCUT2D eigenvalue weighted by molar-refractivity contribution is 5.78. The highest BCUT2D eigenvalue weighted by atomic mass is 19.1. The summed E-state index contributed by atoms with van der Waals surface area (Å²) in [6, 6.07) is 5.67. The van der Waals surface area contributed by atoms with E-state index in [1.54, 1.807) is 6.92 Å². The molecule has 7 heteroatoms. The number of halogens is 3. The predicted molar refractivity (Wildman–Crippen MR) is 84.4 cm³/mol. The van der Waals surface area contributed by atoms with Crippen molar-refractivity contribution >= 4 is 10.9 Å². The minimum absolute atomic E-state index is 0.00622. The fourth-order valence-corrected chi connectivity index (χ4v) is 2.52. The number of benzene rings is 2. The van der Waals surface area contributed by atoms with Crippen molar-refractivity contribution in [3.8, 4) is 5.69 Å². The van der Waals surface area contributed by atoms with Crippen LogP contribution in [0.1, 0.15) is 25.2 Å². The van der Waals surface area contributed by atoms with Crippen molar-refractivity contribution < 1.29 is 13.2 Å². The first-order valence-corrected chi connectivity index (χ1v) is 7.35. The van der Waals surface area contributed by atoms with Crippen molar-refractivity contribution in [2.45, 2.75) is 19.4 Å². The molecule has 0 bridgehead atoms. The molecule has 0 aliphatic carbocycles. The van der Waals surface area contributed by atoms with E-state index in [9.17, 15) is 18.0 Å². The summed E-state index contributed by atoms with van der Waals surface area (Å²) in [6.45, 7) is 1.79. The molecule has 0 spiro atoms. The zero-order valence-electron chi connectivity index (χ0n) is 12.8. The molecule has 0 aliphatic heterocycles. The second-order valence-electron chi connectivity index (χ2n) is 5.41. The standard InChI is InChI=1S/C17H14F3N3O/c1-2-14(21)16-22-15-4-3-9(18)8-13(15)17(24)23(16)12-6-10(19)5-11(20)7-12/h3-8,14H,2,21H2,1H3/t14-/m0/s1. The van der Waals surface area contributed by atoms with Crippen LogP contribution >= 0.6 is 0 Å². The molecule has 0 aliphatic rings. The van der Waals surface area contributed by atoms with Crippen LogP contribution in [0.5, 0.6) is 0 Å². The molecule has 24 heavy (non-hydrogen) atoms. The van der Waals surface area contributed by atoms with E-state index in [1.807, 2.05) is 0 Å². The van der Waals surface area contributed by atoms with E-state index >= 15 is 0 Å². The Morgan fingerprint density at radius 2 is 1.75 bits per heavy atom. The molecule has 3 aromatic rings. The molecule has 2 N–H and O–H groups in total. The first kappa shape index (κ1) is 16.2. The molecule has 0 saturated carbocycles. The van der Waals surface area contributed by atoms with Crippen LogP contribution in [0.4, 0.5) is 13.2 Å². The van der Waals surface area contributed by atoms with Crippen LogP contribution in [0.2, 0.25) is 0 Å². The molecule has 4 nitrogen and oxygen atoms in total. The Balaban J connectivity index is 2.43. The summed E-state index contributed by atoms with van der Waals surface area (Å²) in [5.74, 6) is -2.13. The third-order valence-electron chi connectivity index (χ3n) is 3.73. The van der Waals surface area contributed by atoms with Gasteiger partial charge in [-0.15, -0.1) is 0 Å². The SMILES string of the molecule is CC[C@H](N)c1nc2ccc(F)cc2c(=O)n1-c1cc(F)cc(F)c1. The van der Waals surface area contributed by atoms with E-state index in [-0.39, 0.29) is 22.4 Å². The Morgan fingerprint density at radius 1 is 1.08 bits per heavy atom. The fraction of sp³-hybridized carbons (Fsp3) is 0.176. The summed E-state index contributed by atoms with van der Waals surface area (Å²) in [5.41, 5.74) is 5.60. The number of rotatable bonds is 3. The maximum absolute atomic E-state index is 13.6. The second kappa shape index (κ2) is 6.09. The van der Waals surface area contributed by atoms with Crippen molar-refractivity contribution in [1.29, 1.82) is 0 Å². The van der Waals surface area contributed by atoms with Gasteiger partial charge in [0.25, 0.3) is 5.56 Å². The van der Waals surface area contributed by atoms with E-state index < -0.39 is 29.1 Å². The van der Waals surface area contributed by atoms with Gasteiger partial charge in [-0.05, 0) is 36.8 Å². The van der Waals surface area contributed by atoms with E-state index in [1.165, 1.54) is 12.1 Å². The number of hydrogen-bond donors (Lipinski definition) is 1. The smallest absolute Gasteiger partial charge is 0.266 e. The molecule has 124 valence electrons. The van der Waals surface area contributed by atoms with E-state index in [0.717, 1.165) is 22.8 Å². The van der Waals surface area contributed by atoms with Gasteiger partial charge in [0.15, 0.2) is 0 Å². The summed E-state index contributed by atoms with van der Waals surface area (Å²) >= 11 is 0. The van der Waals surface area contributed by atoms with E-state index in [2.05, 4.69) is 4.98 Å². The van der Waals surface area contributed by atoms with Crippen molar-refractivity contribution in [2.24, 2.45) is 5.73 Å². The number of fused-ring (bicyclic) bond motifs is 1. The summed E-state index contributed by atoms with van der Waals surface area (Å²) in [4.78, 5) is 17.1. The molecular weight excluding hydrogens is 319 g/mol. The van der Waals surface area contributed by atoms with Crippen LogP contribution in [0.3, 0.4) is 0 Å². The first-order valence-electron chi connectivity index (χ1n) is 7.35. The molecule has 1 atom stereocenters. The third-order valence-corrected chi connectivity index (χ3v) is 3.73. The lowest BCUT2D eigenvalue weighted by atomic mass is 10.1. The maximum atomic E-state index is 13.6. The van der Waals surface area contributed by atoms with Crippen molar-refractivity contribution in [1.82, 2.24) is 9.55 Å². The number of nitrogens with zero attached hydrogens (tertiary/aromatic N) is 2. The lowest BCUT2D eigenvalue weighted by Gasteiger charge is -2.17. The molecule has 1 heterocycles. The predicted octanol–water partition coefficient (Wildman–Crippen LogP) is 3.21.